The molecule has 464 valence electrons. The van der Waals surface area contributed by atoms with Gasteiger partial charge in [-0.1, -0.05) is 423 Å². The Bertz CT molecular complexity index is 1150. The average Bonchev–Trinajstić information content (AvgIpc) is 3.48. The molecule has 0 bridgehead atoms. The summed E-state index contributed by atoms with van der Waals surface area (Å²) in [5.41, 5.74) is 1.37. The van der Waals surface area contributed by atoms with Crippen LogP contribution >= 0.6 is 0 Å². The van der Waals surface area contributed by atoms with Crippen LogP contribution in [-0.4, -0.2) is 0 Å². The Kier molecular flexibility index (Phi) is 54.0. The Morgan fingerprint density at radius 2 is 0.506 bits per heavy atom. The molecule has 0 amide bonds. The number of hydrogen-bond donors (Lipinski definition) is 0. The summed E-state index contributed by atoms with van der Waals surface area (Å²) in [5, 5.41) is 0. The van der Waals surface area contributed by atoms with Crippen LogP contribution in [0.4, 0.5) is 0 Å². The van der Waals surface area contributed by atoms with Crippen LogP contribution in [-0.2, 0) is 0 Å². The van der Waals surface area contributed by atoms with E-state index in [1.165, 1.54) is 379 Å². The molecule has 0 N–H and O–H groups in total. The Hall–Kier alpha value is 0. The summed E-state index contributed by atoms with van der Waals surface area (Å²) in [6.45, 7) is 31.3. The molecule has 0 radical (unpaired) electrons. The third kappa shape index (κ3) is 35.0. The van der Waals surface area contributed by atoms with E-state index in [0.29, 0.717) is 16.2 Å². The molecule has 0 aliphatic heterocycles. The average molecular weight is 1080 g/mol. The summed E-state index contributed by atoms with van der Waals surface area (Å²) in [6.07, 6.45) is 85.9. The predicted octanol–water partition coefficient (Wildman–Crippen LogP) is 29.4. The highest BCUT2D eigenvalue weighted by Crippen LogP contribution is 2.72. The summed E-state index contributed by atoms with van der Waals surface area (Å²) in [7, 11) is 0. The first-order valence-corrected chi connectivity index (χ1v) is 37.5. The maximum absolute atomic E-state index is 3.06. The van der Waals surface area contributed by atoms with Crippen LogP contribution < -0.4 is 0 Å². The molecule has 5 unspecified atom stereocenters. The minimum Gasteiger partial charge on any atom is -0.0654 e. The van der Waals surface area contributed by atoms with Gasteiger partial charge in [-0.2, -0.15) is 0 Å². The van der Waals surface area contributed by atoms with Gasteiger partial charge in [0.2, 0.25) is 0 Å². The third-order valence-electron chi connectivity index (χ3n) is 21.9. The van der Waals surface area contributed by atoms with Crippen LogP contribution in [0.3, 0.4) is 0 Å². The second-order valence-corrected chi connectivity index (χ2v) is 28.3. The van der Waals surface area contributed by atoms with E-state index >= 15 is 0 Å². The summed E-state index contributed by atoms with van der Waals surface area (Å²) in [4.78, 5) is 0. The van der Waals surface area contributed by atoms with Crippen LogP contribution in [0, 0.1) is 33.5 Å². The standard InChI is InChI=1S/C77H156/c1-13-21-28-33-38-42-44-45-48-53-57-62-69-76(67-60-55-51-41-36-31-24-16-4,68-61-56-52-47-43-39-34-29-22-14-2)77(71-73(20-8)65-26-18-6,70-63-58-50-37-32-25-17-5)75(12,66-27-19-7)74(10,11)72(9)64-59-54-49-46-40-35-30-23-15-3/h72-73H,13-71H2,1-12H3. The van der Waals surface area contributed by atoms with Crippen LogP contribution in [0.15, 0.2) is 0 Å². The molecule has 0 saturated carbocycles. The molecule has 0 rings (SSSR count). The highest BCUT2D eigenvalue weighted by Gasteiger charge is 2.64. The van der Waals surface area contributed by atoms with Crippen molar-refractivity contribution in [1.29, 1.82) is 0 Å². The minimum absolute atomic E-state index is 0.283. The minimum atomic E-state index is 0.283. The lowest BCUT2D eigenvalue weighted by molar-refractivity contribution is -0.192. The molecule has 0 saturated heterocycles. The third-order valence-corrected chi connectivity index (χ3v) is 21.9. The highest BCUT2D eigenvalue weighted by molar-refractivity contribution is 5.12. The number of hydrogen-bond acceptors (Lipinski definition) is 0. The summed E-state index contributed by atoms with van der Waals surface area (Å²) in [5.74, 6) is 1.61. The molecule has 0 nitrogen and oxygen atoms in total. The highest BCUT2D eigenvalue weighted by atomic mass is 14.7. The molecule has 0 aromatic rings. The lowest BCUT2D eigenvalue weighted by Crippen LogP contribution is -2.60. The van der Waals surface area contributed by atoms with Crippen LogP contribution in [0.25, 0.3) is 0 Å². The first-order chi connectivity index (χ1) is 37.5. The first-order valence-electron chi connectivity index (χ1n) is 37.5. The molecule has 0 heteroatoms. The molecule has 0 spiro atoms. The predicted molar refractivity (Wildman–Crippen MR) is 357 cm³/mol. The zero-order valence-corrected chi connectivity index (χ0v) is 56.9. The molecule has 0 aromatic heterocycles. The zero-order chi connectivity index (χ0) is 56.9. The Balaban J connectivity index is 7.86. The van der Waals surface area contributed by atoms with Gasteiger partial charge in [-0.05, 0) is 72.0 Å². The van der Waals surface area contributed by atoms with Crippen molar-refractivity contribution in [2.45, 2.75) is 462 Å². The second-order valence-electron chi connectivity index (χ2n) is 28.3. The van der Waals surface area contributed by atoms with Gasteiger partial charge in [0.15, 0.2) is 0 Å². The van der Waals surface area contributed by atoms with Crippen molar-refractivity contribution in [2.24, 2.45) is 33.5 Å². The second kappa shape index (κ2) is 54.0. The Morgan fingerprint density at radius 3 is 0.792 bits per heavy atom. The van der Waals surface area contributed by atoms with E-state index in [2.05, 4.69) is 83.1 Å². The first kappa shape index (κ1) is 77.0. The van der Waals surface area contributed by atoms with Gasteiger partial charge in [-0.15, -0.1) is 0 Å². The van der Waals surface area contributed by atoms with E-state index in [4.69, 9.17) is 0 Å². The molecule has 0 aliphatic carbocycles. The smallest absolute Gasteiger partial charge is 0.0179 e. The summed E-state index contributed by atoms with van der Waals surface area (Å²) >= 11 is 0. The van der Waals surface area contributed by atoms with Gasteiger partial charge in [0.05, 0.1) is 0 Å². The fourth-order valence-corrected chi connectivity index (χ4v) is 15.8. The van der Waals surface area contributed by atoms with Crippen LogP contribution in [0.1, 0.15) is 462 Å². The SMILES string of the molecule is CCCCCCCCCCCCCCC(CCCCCCCCCC)(CCCCCCCCCCCC)C(CCCCCCCCC)(CC(CC)CCCC)C(C)(CCCC)C(C)(C)C(C)CCCCCCCCCCC. The van der Waals surface area contributed by atoms with Gasteiger partial charge >= 0.3 is 0 Å². The topological polar surface area (TPSA) is 0 Å². The van der Waals surface area contributed by atoms with E-state index in [1.807, 2.05) is 0 Å². The Labute approximate surface area is 492 Å². The summed E-state index contributed by atoms with van der Waals surface area (Å²) < 4.78 is 0. The van der Waals surface area contributed by atoms with E-state index in [-0.39, 0.29) is 5.41 Å². The summed E-state index contributed by atoms with van der Waals surface area (Å²) in [6, 6.07) is 0. The van der Waals surface area contributed by atoms with Gasteiger partial charge in [0, 0.05) is 0 Å². The fraction of sp³-hybridized carbons (Fsp3) is 1.00. The van der Waals surface area contributed by atoms with E-state index in [9.17, 15) is 0 Å². The molecule has 0 aromatic carbocycles. The van der Waals surface area contributed by atoms with Gasteiger partial charge in [0.1, 0.15) is 0 Å². The van der Waals surface area contributed by atoms with E-state index in [0.717, 1.165) is 11.8 Å². The van der Waals surface area contributed by atoms with E-state index < -0.39 is 0 Å². The maximum atomic E-state index is 3.06. The van der Waals surface area contributed by atoms with Crippen molar-refractivity contribution >= 4 is 0 Å². The van der Waals surface area contributed by atoms with Crippen molar-refractivity contribution in [3.8, 4) is 0 Å². The van der Waals surface area contributed by atoms with Gasteiger partial charge in [0.25, 0.3) is 0 Å². The maximum Gasteiger partial charge on any atom is -0.0179 e. The molecule has 5 atom stereocenters. The quantitative estimate of drug-likeness (QED) is 0.0533. The van der Waals surface area contributed by atoms with Gasteiger partial charge in [-0.3, -0.25) is 0 Å². The normalized spacial score (nSPS) is 15.4. The molecule has 0 heterocycles. The van der Waals surface area contributed by atoms with Crippen molar-refractivity contribution in [3.05, 3.63) is 0 Å². The molecule has 0 fully saturated rings. The van der Waals surface area contributed by atoms with Crippen molar-refractivity contribution in [2.75, 3.05) is 0 Å². The van der Waals surface area contributed by atoms with Crippen molar-refractivity contribution < 1.29 is 0 Å². The molecular weight excluding hydrogens is 925 g/mol. The molecule has 77 heavy (non-hydrogen) atoms. The molecule has 0 aliphatic rings. The Morgan fingerprint density at radius 1 is 0.247 bits per heavy atom. The number of unbranched alkanes of at least 4 members (excludes halogenated alkanes) is 43. The van der Waals surface area contributed by atoms with Gasteiger partial charge in [-0.25, -0.2) is 0 Å². The number of rotatable bonds is 64. The molecular formula is C77H156. The van der Waals surface area contributed by atoms with E-state index in [1.54, 1.807) is 0 Å². The van der Waals surface area contributed by atoms with Crippen molar-refractivity contribution in [1.82, 2.24) is 0 Å². The lowest BCUT2D eigenvalue weighted by atomic mass is 9.36. The largest absolute Gasteiger partial charge is 0.0654 e. The zero-order valence-electron chi connectivity index (χ0n) is 56.9. The fourth-order valence-electron chi connectivity index (χ4n) is 15.8. The van der Waals surface area contributed by atoms with Crippen LogP contribution in [0.2, 0.25) is 0 Å². The lowest BCUT2D eigenvalue weighted by Gasteiger charge is -2.68. The van der Waals surface area contributed by atoms with Crippen molar-refractivity contribution in [3.63, 3.8) is 0 Å². The van der Waals surface area contributed by atoms with Gasteiger partial charge < -0.3 is 0 Å². The van der Waals surface area contributed by atoms with Crippen LogP contribution in [0.5, 0.6) is 0 Å². The monoisotopic (exact) mass is 1080 g/mol.